The molecular weight excluding hydrogens is 372 g/mol. The molecule has 3 aromatic rings. The molecule has 7 nitrogen and oxygen atoms in total. The average molecular weight is 392 g/mol. The lowest BCUT2D eigenvalue weighted by Crippen LogP contribution is -2.14. The van der Waals surface area contributed by atoms with Gasteiger partial charge in [-0.1, -0.05) is 42.5 Å². The molecule has 3 aromatic carbocycles. The van der Waals surface area contributed by atoms with Crippen molar-refractivity contribution in [1.29, 1.82) is 0 Å². The molecule has 0 saturated carbocycles. The van der Waals surface area contributed by atoms with Gasteiger partial charge in [-0.3, -0.25) is 14.9 Å². The molecule has 0 aromatic heterocycles. The maximum absolute atomic E-state index is 12.7. The van der Waals surface area contributed by atoms with Gasteiger partial charge >= 0.3 is 0 Å². The fraction of sp³-hybridized carbons (Fsp3) is 0.136. The Kier molecular flexibility index (Phi) is 6.09. The maximum Gasteiger partial charge on any atom is 0.286 e. The second-order valence-electron chi connectivity index (χ2n) is 6.11. The number of nitrogens with zero attached hydrogens (tertiary/aromatic N) is 1. The zero-order valence-corrected chi connectivity index (χ0v) is 16.0. The van der Waals surface area contributed by atoms with E-state index in [1.54, 1.807) is 19.1 Å². The number of hydrogen-bond donors (Lipinski definition) is 1. The Hall–Kier alpha value is -3.87. The van der Waals surface area contributed by atoms with Gasteiger partial charge in [-0.15, -0.1) is 0 Å². The summed E-state index contributed by atoms with van der Waals surface area (Å²) in [6.07, 6.45) is 0. The van der Waals surface area contributed by atoms with E-state index in [1.807, 2.05) is 42.5 Å². The lowest BCUT2D eigenvalue weighted by molar-refractivity contribution is -0.385. The first kappa shape index (κ1) is 19.9. The number of nitro benzene ring substituents is 1. The SMILES string of the molecule is CCOc1cc([N+](=O)[O-])c(C(=O)Nc2ccc(-c3ccccc3)cc2)cc1OC. The number of nitro groups is 1. The Balaban J connectivity index is 1.87. The van der Waals surface area contributed by atoms with Crippen LogP contribution in [-0.4, -0.2) is 24.5 Å². The van der Waals surface area contributed by atoms with E-state index in [4.69, 9.17) is 9.47 Å². The van der Waals surface area contributed by atoms with Crippen LogP contribution in [0.4, 0.5) is 11.4 Å². The van der Waals surface area contributed by atoms with E-state index < -0.39 is 10.8 Å². The van der Waals surface area contributed by atoms with Crippen molar-refractivity contribution in [2.75, 3.05) is 19.0 Å². The Morgan fingerprint density at radius 1 is 1.00 bits per heavy atom. The van der Waals surface area contributed by atoms with Crippen LogP contribution in [-0.2, 0) is 0 Å². The van der Waals surface area contributed by atoms with Crippen molar-refractivity contribution in [3.05, 3.63) is 82.4 Å². The molecule has 0 spiro atoms. The molecular formula is C22H20N2O5. The Bertz CT molecular complexity index is 1020. The van der Waals surface area contributed by atoms with E-state index >= 15 is 0 Å². The first-order valence-corrected chi connectivity index (χ1v) is 8.99. The largest absolute Gasteiger partial charge is 0.493 e. The van der Waals surface area contributed by atoms with E-state index in [0.717, 1.165) is 11.1 Å². The quantitative estimate of drug-likeness (QED) is 0.455. The van der Waals surface area contributed by atoms with Gasteiger partial charge in [0.1, 0.15) is 5.56 Å². The molecule has 0 aliphatic heterocycles. The van der Waals surface area contributed by atoms with Gasteiger partial charge in [0.2, 0.25) is 0 Å². The van der Waals surface area contributed by atoms with Crippen molar-refractivity contribution < 1.29 is 19.2 Å². The van der Waals surface area contributed by atoms with Crippen LogP contribution in [0.25, 0.3) is 11.1 Å². The molecule has 3 rings (SSSR count). The molecule has 0 saturated heterocycles. The Morgan fingerprint density at radius 2 is 1.66 bits per heavy atom. The third-order valence-corrected chi connectivity index (χ3v) is 4.27. The van der Waals surface area contributed by atoms with Crippen molar-refractivity contribution in [3.8, 4) is 22.6 Å². The second kappa shape index (κ2) is 8.88. The Labute approximate surface area is 168 Å². The van der Waals surface area contributed by atoms with Crippen LogP contribution in [0.15, 0.2) is 66.7 Å². The van der Waals surface area contributed by atoms with Crippen molar-refractivity contribution in [1.82, 2.24) is 0 Å². The minimum atomic E-state index is -0.616. The average Bonchev–Trinajstić information content (AvgIpc) is 2.74. The highest BCUT2D eigenvalue weighted by Crippen LogP contribution is 2.35. The standard InChI is InChI=1S/C22H20N2O5/c1-3-29-21-14-19(24(26)27)18(13-20(21)28-2)22(25)23-17-11-9-16(10-12-17)15-7-5-4-6-8-15/h4-14H,3H2,1-2H3,(H,23,25). The highest BCUT2D eigenvalue weighted by atomic mass is 16.6. The number of hydrogen-bond acceptors (Lipinski definition) is 5. The summed E-state index contributed by atoms with van der Waals surface area (Å²) < 4.78 is 10.6. The number of carbonyl (C=O) groups is 1. The normalized spacial score (nSPS) is 10.3. The molecule has 0 aliphatic carbocycles. The number of anilines is 1. The van der Waals surface area contributed by atoms with Crippen molar-refractivity contribution >= 4 is 17.3 Å². The summed E-state index contributed by atoms with van der Waals surface area (Å²) >= 11 is 0. The van der Waals surface area contributed by atoms with Crippen LogP contribution >= 0.6 is 0 Å². The predicted molar refractivity (Wildman–Crippen MR) is 111 cm³/mol. The van der Waals surface area contributed by atoms with E-state index in [2.05, 4.69) is 5.32 Å². The molecule has 0 unspecified atom stereocenters. The number of rotatable bonds is 7. The van der Waals surface area contributed by atoms with Crippen LogP contribution in [0.1, 0.15) is 17.3 Å². The Morgan fingerprint density at radius 3 is 2.24 bits per heavy atom. The van der Waals surface area contributed by atoms with Crippen LogP contribution in [0, 0.1) is 10.1 Å². The summed E-state index contributed by atoms with van der Waals surface area (Å²) in [6, 6.07) is 19.6. The van der Waals surface area contributed by atoms with Gasteiger partial charge in [0.15, 0.2) is 11.5 Å². The fourth-order valence-corrected chi connectivity index (χ4v) is 2.88. The smallest absolute Gasteiger partial charge is 0.286 e. The molecule has 7 heteroatoms. The molecule has 148 valence electrons. The molecule has 0 bridgehead atoms. The van der Waals surface area contributed by atoms with E-state index in [0.29, 0.717) is 12.3 Å². The number of nitrogens with one attached hydrogen (secondary N) is 1. The molecule has 0 aliphatic rings. The van der Waals surface area contributed by atoms with Gasteiger partial charge in [0.25, 0.3) is 11.6 Å². The van der Waals surface area contributed by atoms with Gasteiger partial charge < -0.3 is 14.8 Å². The lowest BCUT2D eigenvalue weighted by Gasteiger charge is -2.12. The van der Waals surface area contributed by atoms with Gasteiger partial charge in [-0.25, -0.2) is 0 Å². The highest BCUT2D eigenvalue weighted by molar-refractivity contribution is 6.07. The van der Waals surface area contributed by atoms with E-state index in [-0.39, 0.29) is 22.7 Å². The molecule has 0 atom stereocenters. The van der Waals surface area contributed by atoms with Crippen LogP contribution in [0.3, 0.4) is 0 Å². The van der Waals surface area contributed by atoms with Crippen LogP contribution < -0.4 is 14.8 Å². The van der Waals surface area contributed by atoms with E-state index in [1.165, 1.54) is 19.2 Å². The summed E-state index contributed by atoms with van der Waals surface area (Å²) in [5.41, 5.74) is 2.11. The van der Waals surface area contributed by atoms with Crippen molar-refractivity contribution in [3.63, 3.8) is 0 Å². The molecule has 0 fully saturated rings. The summed E-state index contributed by atoms with van der Waals surface area (Å²) in [4.78, 5) is 23.6. The van der Waals surface area contributed by atoms with Gasteiger partial charge in [0, 0.05) is 11.8 Å². The molecule has 0 radical (unpaired) electrons. The summed E-state index contributed by atoms with van der Waals surface area (Å²) in [5.74, 6) is -0.141. The molecule has 1 N–H and O–H groups in total. The molecule has 29 heavy (non-hydrogen) atoms. The molecule has 1 amide bonds. The molecule has 0 heterocycles. The van der Waals surface area contributed by atoms with Crippen molar-refractivity contribution in [2.24, 2.45) is 0 Å². The minimum Gasteiger partial charge on any atom is -0.493 e. The first-order valence-electron chi connectivity index (χ1n) is 8.99. The third-order valence-electron chi connectivity index (χ3n) is 4.27. The number of methoxy groups -OCH3 is 1. The van der Waals surface area contributed by atoms with Gasteiger partial charge in [-0.2, -0.15) is 0 Å². The maximum atomic E-state index is 12.7. The first-order chi connectivity index (χ1) is 14.0. The predicted octanol–water partition coefficient (Wildman–Crippen LogP) is 4.92. The number of carbonyl (C=O) groups excluding carboxylic acids is 1. The van der Waals surface area contributed by atoms with Crippen LogP contribution in [0.2, 0.25) is 0 Å². The second-order valence-corrected chi connectivity index (χ2v) is 6.11. The lowest BCUT2D eigenvalue weighted by atomic mass is 10.1. The number of amides is 1. The van der Waals surface area contributed by atoms with Gasteiger partial charge in [-0.05, 0) is 30.2 Å². The number of benzene rings is 3. The summed E-state index contributed by atoms with van der Waals surface area (Å²) in [6.45, 7) is 2.07. The van der Waals surface area contributed by atoms with Crippen LogP contribution in [0.5, 0.6) is 11.5 Å². The summed E-state index contributed by atoms with van der Waals surface area (Å²) in [7, 11) is 1.41. The van der Waals surface area contributed by atoms with E-state index in [9.17, 15) is 14.9 Å². The third kappa shape index (κ3) is 4.52. The minimum absolute atomic E-state index is 0.109. The zero-order chi connectivity index (χ0) is 20.8. The summed E-state index contributed by atoms with van der Waals surface area (Å²) in [5, 5.41) is 14.2. The highest BCUT2D eigenvalue weighted by Gasteiger charge is 2.24. The zero-order valence-electron chi connectivity index (χ0n) is 16.0. The van der Waals surface area contributed by atoms with Crippen molar-refractivity contribution in [2.45, 2.75) is 6.92 Å². The van der Waals surface area contributed by atoms with Gasteiger partial charge in [0.05, 0.1) is 24.7 Å². The number of ether oxygens (including phenoxy) is 2. The monoisotopic (exact) mass is 392 g/mol. The fourth-order valence-electron chi connectivity index (χ4n) is 2.88. The topological polar surface area (TPSA) is 90.7 Å².